The summed E-state index contributed by atoms with van der Waals surface area (Å²) >= 11 is 11.9. The van der Waals surface area contributed by atoms with E-state index in [9.17, 15) is 15.2 Å². The van der Waals surface area contributed by atoms with E-state index in [0.29, 0.717) is 10.0 Å². The minimum absolute atomic E-state index is 0.0523. The molecule has 0 bridgehead atoms. The summed E-state index contributed by atoms with van der Waals surface area (Å²) in [6, 6.07) is 4.92. The highest BCUT2D eigenvalue weighted by Gasteiger charge is 2.17. The Balaban J connectivity index is 1.97. The number of ether oxygens (including phenoxy) is 1. The van der Waals surface area contributed by atoms with Crippen LogP contribution in [0.2, 0.25) is 10.0 Å². The summed E-state index contributed by atoms with van der Waals surface area (Å²) in [5.74, 6) is 0.285. The van der Waals surface area contributed by atoms with Gasteiger partial charge in [-0.15, -0.1) is 0 Å². The molecule has 118 valence electrons. The van der Waals surface area contributed by atoms with E-state index in [0.717, 1.165) is 0 Å². The van der Waals surface area contributed by atoms with Crippen LogP contribution in [0, 0.1) is 17.0 Å². The number of nitro groups is 1. The first-order valence-electron chi connectivity index (χ1n) is 6.31. The second-order valence-electron chi connectivity index (χ2n) is 4.59. The summed E-state index contributed by atoms with van der Waals surface area (Å²) in [6.45, 7) is 1.51. The van der Waals surface area contributed by atoms with E-state index in [2.05, 4.69) is 5.10 Å². The van der Waals surface area contributed by atoms with E-state index < -0.39 is 11.0 Å². The average Bonchev–Trinajstić information content (AvgIpc) is 2.79. The van der Waals surface area contributed by atoms with Crippen molar-refractivity contribution in [1.82, 2.24) is 9.78 Å². The number of nitrogens with zero attached hydrogens (tertiary/aromatic N) is 3. The molecule has 22 heavy (non-hydrogen) atoms. The molecule has 0 fully saturated rings. The maximum absolute atomic E-state index is 10.7. The Morgan fingerprint density at radius 3 is 2.64 bits per heavy atom. The highest BCUT2D eigenvalue weighted by molar-refractivity contribution is 6.37. The monoisotopic (exact) mass is 345 g/mol. The Hall–Kier alpha value is -1.83. The third-order valence-corrected chi connectivity index (χ3v) is 3.45. The molecule has 0 aliphatic heterocycles. The lowest BCUT2D eigenvalue weighted by Gasteiger charge is -2.14. The van der Waals surface area contributed by atoms with Crippen LogP contribution in [0.3, 0.4) is 0 Å². The average molecular weight is 346 g/mol. The molecule has 0 amide bonds. The van der Waals surface area contributed by atoms with Crippen molar-refractivity contribution in [3.05, 3.63) is 50.2 Å². The molecular formula is C13H13Cl2N3O4. The lowest BCUT2D eigenvalue weighted by atomic mass is 10.3. The number of aromatic nitrogens is 2. The Morgan fingerprint density at radius 2 is 2.09 bits per heavy atom. The molecule has 0 saturated carbocycles. The summed E-state index contributed by atoms with van der Waals surface area (Å²) in [6.07, 6.45) is 0.340. The van der Waals surface area contributed by atoms with Gasteiger partial charge in [0, 0.05) is 0 Å². The number of aliphatic hydroxyl groups excluding tert-OH is 1. The van der Waals surface area contributed by atoms with E-state index in [1.165, 1.54) is 17.8 Å². The quantitative estimate of drug-likeness (QED) is 0.642. The summed E-state index contributed by atoms with van der Waals surface area (Å²) < 4.78 is 6.70. The molecule has 0 spiro atoms. The number of para-hydroxylation sites is 1. The van der Waals surface area contributed by atoms with Gasteiger partial charge in [0.2, 0.25) is 0 Å². The normalized spacial score (nSPS) is 12.2. The molecular weight excluding hydrogens is 333 g/mol. The van der Waals surface area contributed by atoms with Crippen molar-refractivity contribution < 1.29 is 14.8 Å². The fourth-order valence-corrected chi connectivity index (χ4v) is 2.36. The lowest BCUT2D eigenvalue weighted by molar-refractivity contribution is -0.385. The molecule has 1 aromatic carbocycles. The zero-order valence-electron chi connectivity index (χ0n) is 11.6. The molecule has 0 saturated heterocycles. The van der Waals surface area contributed by atoms with Crippen molar-refractivity contribution in [1.29, 1.82) is 0 Å². The van der Waals surface area contributed by atoms with Crippen molar-refractivity contribution in [2.75, 3.05) is 6.61 Å². The number of aryl methyl sites for hydroxylation is 1. The van der Waals surface area contributed by atoms with Crippen molar-refractivity contribution in [2.24, 2.45) is 0 Å². The predicted molar refractivity (Wildman–Crippen MR) is 81.6 cm³/mol. The van der Waals surface area contributed by atoms with E-state index in [-0.39, 0.29) is 30.3 Å². The molecule has 1 heterocycles. The third-order valence-electron chi connectivity index (χ3n) is 2.85. The van der Waals surface area contributed by atoms with Gasteiger partial charge in [-0.2, -0.15) is 5.10 Å². The first-order chi connectivity index (χ1) is 10.4. The number of hydrogen-bond donors (Lipinski definition) is 1. The molecule has 1 aromatic heterocycles. The fraction of sp³-hybridized carbons (Fsp3) is 0.308. The summed E-state index contributed by atoms with van der Waals surface area (Å²) in [5.41, 5.74) is 0.189. The topological polar surface area (TPSA) is 90.4 Å². The van der Waals surface area contributed by atoms with Crippen LogP contribution in [0.15, 0.2) is 24.4 Å². The standard InChI is InChI=1S/C13H13Cl2N3O4/c1-8-12(18(20)21)6-17(16-8)5-9(19)7-22-13-10(14)3-2-4-11(13)15/h2-4,6,9,19H,5,7H2,1H3/t9-/m0/s1. The number of aliphatic hydroxyl groups is 1. The molecule has 0 radical (unpaired) electrons. The zero-order valence-corrected chi connectivity index (χ0v) is 13.1. The highest BCUT2D eigenvalue weighted by atomic mass is 35.5. The van der Waals surface area contributed by atoms with Gasteiger partial charge in [-0.1, -0.05) is 29.3 Å². The smallest absolute Gasteiger partial charge is 0.309 e. The van der Waals surface area contributed by atoms with Gasteiger partial charge in [-0.3, -0.25) is 14.8 Å². The van der Waals surface area contributed by atoms with Gasteiger partial charge in [-0.25, -0.2) is 0 Å². The lowest BCUT2D eigenvalue weighted by Crippen LogP contribution is -2.24. The van der Waals surface area contributed by atoms with Crippen molar-refractivity contribution in [3.8, 4) is 5.75 Å². The minimum Gasteiger partial charge on any atom is -0.488 e. The second kappa shape index (κ2) is 6.95. The van der Waals surface area contributed by atoms with Crippen molar-refractivity contribution in [3.63, 3.8) is 0 Å². The van der Waals surface area contributed by atoms with Crippen LogP contribution in [-0.4, -0.2) is 32.5 Å². The van der Waals surface area contributed by atoms with E-state index in [1.54, 1.807) is 18.2 Å². The predicted octanol–water partition coefficient (Wildman–Crippen LogP) is 2.85. The second-order valence-corrected chi connectivity index (χ2v) is 5.41. The zero-order chi connectivity index (χ0) is 16.3. The largest absolute Gasteiger partial charge is 0.488 e. The summed E-state index contributed by atoms with van der Waals surface area (Å²) in [4.78, 5) is 10.2. The number of halogens is 2. The van der Waals surface area contributed by atoms with Crippen molar-refractivity contribution >= 4 is 28.9 Å². The van der Waals surface area contributed by atoms with Crippen molar-refractivity contribution in [2.45, 2.75) is 19.6 Å². The molecule has 7 nitrogen and oxygen atoms in total. The SMILES string of the molecule is Cc1nn(C[C@H](O)COc2c(Cl)cccc2Cl)cc1[N+](=O)[O-]. The van der Waals surface area contributed by atoms with Gasteiger partial charge in [0.25, 0.3) is 0 Å². The van der Waals surface area contributed by atoms with E-state index in [4.69, 9.17) is 27.9 Å². The van der Waals surface area contributed by atoms with Crippen LogP contribution in [0.4, 0.5) is 5.69 Å². The molecule has 0 aliphatic rings. The Bertz CT molecular complexity index is 670. The Kier molecular flexibility index (Phi) is 5.23. The van der Waals surface area contributed by atoms with Gasteiger partial charge in [0.15, 0.2) is 5.75 Å². The van der Waals surface area contributed by atoms with Gasteiger partial charge >= 0.3 is 5.69 Å². The van der Waals surface area contributed by atoms with E-state index >= 15 is 0 Å². The van der Waals surface area contributed by atoms with Gasteiger partial charge in [0.1, 0.15) is 24.6 Å². The van der Waals surface area contributed by atoms with Crippen LogP contribution >= 0.6 is 23.2 Å². The van der Waals surface area contributed by atoms with Crippen LogP contribution in [0.5, 0.6) is 5.75 Å². The Morgan fingerprint density at radius 1 is 1.45 bits per heavy atom. The maximum Gasteiger partial charge on any atom is 0.309 e. The third kappa shape index (κ3) is 3.88. The molecule has 0 aliphatic carbocycles. The van der Waals surface area contributed by atoms with Crippen LogP contribution in [0.1, 0.15) is 5.69 Å². The first-order valence-corrected chi connectivity index (χ1v) is 7.07. The summed E-state index contributed by atoms with van der Waals surface area (Å²) in [7, 11) is 0. The minimum atomic E-state index is -0.925. The number of rotatable bonds is 6. The van der Waals surface area contributed by atoms with Crippen LogP contribution in [0.25, 0.3) is 0 Å². The Labute approximate surface area is 136 Å². The van der Waals surface area contributed by atoms with E-state index in [1.807, 2.05) is 0 Å². The first kappa shape index (κ1) is 16.5. The molecule has 2 rings (SSSR count). The van der Waals surface area contributed by atoms with Crippen LogP contribution in [-0.2, 0) is 6.54 Å². The molecule has 1 N–H and O–H groups in total. The molecule has 2 aromatic rings. The van der Waals surface area contributed by atoms with Gasteiger partial charge < -0.3 is 9.84 Å². The van der Waals surface area contributed by atoms with Gasteiger partial charge in [-0.05, 0) is 19.1 Å². The van der Waals surface area contributed by atoms with Gasteiger partial charge in [0.05, 0.1) is 21.5 Å². The fourth-order valence-electron chi connectivity index (χ4n) is 1.85. The highest BCUT2D eigenvalue weighted by Crippen LogP contribution is 2.32. The number of benzene rings is 1. The molecule has 0 unspecified atom stereocenters. The van der Waals surface area contributed by atoms with Crippen LogP contribution < -0.4 is 4.74 Å². The molecule has 9 heteroatoms. The summed E-state index contributed by atoms with van der Waals surface area (Å²) in [5, 5.41) is 25.3. The maximum atomic E-state index is 10.7. The number of hydrogen-bond acceptors (Lipinski definition) is 5. The molecule has 1 atom stereocenters.